The Morgan fingerprint density at radius 1 is 0.857 bits per heavy atom. The number of pyridine rings is 1. The molecule has 6 rings (SSSR count). The first-order valence-electron chi connectivity index (χ1n) is 11.3. The maximum Gasteiger partial charge on any atom is 0.254 e. The number of carbonyl (C=O) groups excluding carboxylic acids is 1. The van der Waals surface area contributed by atoms with Gasteiger partial charge in [0.05, 0.1) is 21.5 Å². The normalized spacial score (nSPS) is 14.1. The molecule has 1 aliphatic rings. The van der Waals surface area contributed by atoms with E-state index in [9.17, 15) is 13.6 Å². The van der Waals surface area contributed by atoms with Crippen molar-refractivity contribution in [1.29, 1.82) is 0 Å². The molecule has 5 nitrogen and oxygen atoms in total. The number of amides is 1. The fourth-order valence-electron chi connectivity index (χ4n) is 4.46. The van der Waals surface area contributed by atoms with E-state index in [-0.39, 0.29) is 11.4 Å². The Balaban J connectivity index is 1.27. The van der Waals surface area contributed by atoms with Crippen LogP contribution >= 0.6 is 11.3 Å². The van der Waals surface area contributed by atoms with Gasteiger partial charge in [0.15, 0.2) is 10.9 Å². The lowest BCUT2D eigenvalue weighted by Crippen LogP contribution is -2.48. The number of rotatable bonds is 3. The van der Waals surface area contributed by atoms with E-state index in [2.05, 4.69) is 4.98 Å². The molecular formula is C27H20F2N4OS. The molecule has 1 fully saturated rings. The average molecular weight is 487 g/mol. The zero-order valence-electron chi connectivity index (χ0n) is 18.6. The molecule has 1 aliphatic heterocycles. The van der Waals surface area contributed by atoms with Crippen LogP contribution in [0.15, 0.2) is 72.8 Å². The molecule has 2 aromatic heterocycles. The van der Waals surface area contributed by atoms with E-state index in [1.54, 1.807) is 0 Å². The third kappa shape index (κ3) is 4.00. The van der Waals surface area contributed by atoms with E-state index in [4.69, 9.17) is 4.98 Å². The molecule has 1 saturated heterocycles. The lowest BCUT2D eigenvalue weighted by Gasteiger charge is -2.34. The lowest BCUT2D eigenvalue weighted by molar-refractivity contribution is 0.0748. The van der Waals surface area contributed by atoms with Gasteiger partial charge in [0.2, 0.25) is 0 Å². The van der Waals surface area contributed by atoms with Crippen molar-refractivity contribution in [2.45, 2.75) is 0 Å². The molecule has 1 amide bonds. The molecule has 0 spiro atoms. The number of hydrogen-bond acceptors (Lipinski definition) is 5. The number of thiazole rings is 1. The molecule has 0 radical (unpaired) electrons. The summed E-state index contributed by atoms with van der Waals surface area (Å²) in [7, 11) is 0. The highest BCUT2D eigenvalue weighted by Crippen LogP contribution is 2.32. The van der Waals surface area contributed by atoms with Gasteiger partial charge >= 0.3 is 0 Å². The molecule has 174 valence electrons. The number of fused-ring (bicyclic) bond motifs is 2. The Morgan fingerprint density at radius 3 is 2.40 bits per heavy atom. The molecule has 0 unspecified atom stereocenters. The molecule has 3 heterocycles. The minimum atomic E-state index is -0.657. The quantitative estimate of drug-likeness (QED) is 0.326. The zero-order valence-corrected chi connectivity index (χ0v) is 19.4. The van der Waals surface area contributed by atoms with Gasteiger partial charge in [-0.05, 0) is 18.2 Å². The van der Waals surface area contributed by atoms with Gasteiger partial charge in [0.25, 0.3) is 5.91 Å². The molecule has 0 aliphatic carbocycles. The first-order chi connectivity index (χ1) is 17.1. The summed E-state index contributed by atoms with van der Waals surface area (Å²) in [6, 6.07) is 21.5. The van der Waals surface area contributed by atoms with Gasteiger partial charge in [-0.3, -0.25) is 4.79 Å². The van der Waals surface area contributed by atoms with Crippen LogP contribution in [0.4, 0.5) is 13.9 Å². The molecule has 3 aromatic carbocycles. The predicted octanol–water partition coefficient (Wildman–Crippen LogP) is 5.75. The largest absolute Gasteiger partial charge is 0.345 e. The third-order valence-electron chi connectivity index (χ3n) is 6.26. The van der Waals surface area contributed by atoms with Crippen molar-refractivity contribution in [2.75, 3.05) is 31.1 Å². The standard InChI is InChI=1S/C27H20F2N4OS/c28-18-14-21(29)25-24(15-18)35-27(31-25)33-12-10-32(11-13-33)26(34)20-16-23(17-6-2-1-3-7-17)30-22-9-5-4-8-19(20)22/h1-9,14-16H,10-13H2. The van der Waals surface area contributed by atoms with E-state index in [0.717, 1.165) is 28.2 Å². The smallest absolute Gasteiger partial charge is 0.254 e. The molecule has 35 heavy (non-hydrogen) atoms. The second-order valence-corrected chi connectivity index (χ2v) is 9.46. The summed E-state index contributed by atoms with van der Waals surface area (Å²) in [5, 5.41) is 1.46. The molecule has 0 saturated carbocycles. The average Bonchev–Trinajstić information content (AvgIpc) is 3.33. The SMILES string of the molecule is O=C(c1cc(-c2ccccc2)nc2ccccc12)N1CCN(c2nc3c(F)cc(F)cc3s2)CC1. The van der Waals surface area contributed by atoms with Crippen LogP contribution in [0.5, 0.6) is 0 Å². The van der Waals surface area contributed by atoms with Gasteiger partial charge in [-0.1, -0.05) is 59.9 Å². The van der Waals surface area contributed by atoms with Crippen LogP contribution < -0.4 is 4.90 Å². The summed E-state index contributed by atoms with van der Waals surface area (Å²) in [6.07, 6.45) is 0. The minimum absolute atomic E-state index is 0.0437. The van der Waals surface area contributed by atoms with E-state index in [1.165, 1.54) is 17.4 Å². The second-order valence-electron chi connectivity index (χ2n) is 8.45. The minimum Gasteiger partial charge on any atom is -0.345 e. The van der Waals surface area contributed by atoms with Crippen molar-refractivity contribution in [3.63, 3.8) is 0 Å². The summed E-state index contributed by atoms with van der Waals surface area (Å²) in [5.41, 5.74) is 3.30. The number of piperazine rings is 1. The van der Waals surface area contributed by atoms with Crippen LogP contribution in [0.3, 0.4) is 0 Å². The number of nitrogens with zero attached hydrogens (tertiary/aromatic N) is 4. The fourth-order valence-corrected chi connectivity index (χ4v) is 5.52. The number of hydrogen-bond donors (Lipinski definition) is 0. The lowest BCUT2D eigenvalue weighted by atomic mass is 10.0. The highest BCUT2D eigenvalue weighted by atomic mass is 32.1. The Morgan fingerprint density at radius 2 is 1.60 bits per heavy atom. The van der Waals surface area contributed by atoms with Gasteiger partial charge in [-0.25, -0.2) is 18.7 Å². The molecule has 8 heteroatoms. The van der Waals surface area contributed by atoms with Crippen LogP contribution in [-0.2, 0) is 0 Å². The number of carbonyl (C=O) groups is 1. The van der Waals surface area contributed by atoms with Gasteiger partial charge in [-0.15, -0.1) is 0 Å². The summed E-state index contributed by atoms with van der Waals surface area (Å²) in [5.74, 6) is -1.31. The van der Waals surface area contributed by atoms with Crippen LogP contribution in [0.2, 0.25) is 0 Å². The maximum absolute atomic E-state index is 14.1. The summed E-state index contributed by atoms with van der Waals surface area (Å²) >= 11 is 1.26. The topological polar surface area (TPSA) is 49.3 Å². The first kappa shape index (κ1) is 21.6. The number of anilines is 1. The van der Waals surface area contributed by atoms with E-state index < -0.39 is 11.6 Å². The van der Waals surface area contributed by atoms with E-state index in [1.807, 2.05) is 70.5 Å². The number of aromatic nitrogens is 2. The van der Waals surface area contributed by atoms with Crippen molar-refractivity contribution in [1.82, 2.24) is 14.9 Å². The van der Waals surface area contributed by atoms with Gasteiger partial charge in [-0.2, -0.15) is 0 Å². The van der Waals surface area contributed by atoms with Crippen LogP contribution in [0.25, 0.3) is 32.4 Å². The predicted molar refractivity (Wildman–Crippen MR) is 135 cm³/mol. The summed E-state index contributed by atoms with van der Waals surface area (Å²) in [4.78, 5) is 26.7. The molecule has 5 aromatic rings. The Kier molecular flexibility index (Phi) is 5.37. The van der Waals surface area contributed by atoms with Crippen molar-refractivity contribution in [2.24, 2.45) is 0 Å². The van der Waals surface area contributed by atoms with Crippen LogP contribution in [0, 0.1) is 11.6 Å². The number of benzene rings is 3. The zero-order chi connectivity index (χ0) is 23.9. The van der Waals surface area contributed by atoms with Crippen molar-refractivity contribution < 1.29 is 13.6 Å². The van der Waals surface area contributed by atoms with Crippen molar-refractivity contribution in [3.05, 3.63) is 90.0 Å². The maximum atomic E-state index is 14.1. The summed E-state index contributed by atoms with van der Waals surface area (Å²) in [6.45, 7) is 2.13. The fraction of sp³-hybridized carbons (Fsp3) is 0.148. The van der Waals surface area contributed by atoms with Crippen LogP contribution in [-0.4, -0.2) is 47.0 Å². The van der Waals surface area contributed by atoms with Gasteiger partial charge in [0.1, 0.15) is 11.3 Å². The summed E-state index contributed by atoms with van der Waals surface area (Å²) < 4.78 is 28.1. The Bertz CT molecular complexity index is 1560. The number of halogens is 2. The first-order valence-corrected chi connectivity index (χ1v) is 12.1. The monoisotopic (exact) mass is 486 g/mol. The van der Waals surface area contributed by atoms with E-state index in [0.29, 0.717) is 41.6 Å². The molecule has 0 bridgehead atoms. The second kappa shape index (κ2) is 8.70. The highest BCUT2D eigenvalue weighted by Gasteiger charge is 2.26. The third-order valence-corrected chi connectivity index (χ3v) is 7.32. The molecular weight excluding hydrogens is 466 g/mol. The molecule has 0 atom stereocenters. The van der Waals surface area contributed by atoms with Gasteiger partial charge < -0.3 is 9.80 Å². The Hall–Kier alpha value is -3.91. The van der Waals surface area contributed by atoms with E-state index >= 15 is 0 Å². The molecule has 0 N–H and O–H groups in total. The Labute approximate surface area is 204 Å². The van der Waals surface area contributed by atoms with Crippen LogP contribution in [0.1, 0.15) is 10.4 Å². The van der Waals surface area contributed by atoms with Gasteiger partial charge in [0, 0.05) is 43.2 Å². The number of para-hydroxylation sites is 1. The van der Waals surface area contributed by atoms with Crippen molar-refractivity contribution >= 4 is 43.5 Å². The highest BCUT2D eigenvalue weighted by molar-refractivity contribution is 7.22. The van der Waals surface area contributed by atoms with Crippen molar-refractivity contribution in [3.8, 4) is 11.3 Å².